The average molecular weight is 474 g/mol. The van der Waals surface area contributed by atoms with Gasteiger partial charge in [-0.2, -0.15) is 0 Å². The molecule has 0 aromatic rings. The van der Waals surface area contributed by atoms with Crippen molar-refractivity contribution >= 4 is 5.91 Å². The predicted octanol–water partition coefficient (Wildman–Crippen LogP) is 3.08. The minimum absolute atomic E-state index is 0. The molecule has 0 rings (SSSR count). The quantitative estimate of drug-likeness (QED) is 0.164. The van der Waals surface area contributed by atoms with E-state index in [2.05, 4.69) is 32.0 Å². The Balaban J connectivity index is 0. The third kappa shape index (κ3) is 18.0. The number of nitrogens with zero attached hydrogens (tertiary/aromatic N) is 1. The zero-order valence-electron chi connectivity index (χ0n) is 19.7. The van der Waals surface area contributed by atoms with Gasteiger partial charge in [0.1, 0.15) is 6.54 Å². The highest BCUT2D eigenvalue weighted by Gasteiger charge is 2.21. The Morgan fingerprint density at radius 2 is 1.24 bits per heavy atom. The van der Waals surface area contributed by atoms with Crippen molar-refractivity contribution in [1.29, 1.82) is 0 Å². The van der Waals surface area contributed by atoms with Gasteiger partial charge in [0, 0.05) is 6.42 Å². The van der Waals surface area contributed by atoms with Crippen LogP contribution in [0.5, 0.6) is 0 Å². The van der Waals surface area contributed by atoms with Gasteiger partial charge in [0.25, 0.3) is 0 Å². The van der Waals surface area contributed by atoms with Crippen LogP contribution < -0.4 is 22.3 Å². The molecular formula is C25H49BrN2O. The van der Waals surface area contributed by atoms with Crippen LogP contribution >= 0.6 is 0 Å². The molecule has 0 atom stereocenters. The summed E-state index contributed by atoms with van der Waals surface area (Å²) in [6, 6.07) is 0. The number of carbonyl (C=O) groups is 1. The number of amides is 1. The number of unbranched alkanes of at least 4 members (excludes halogenated alkanes) is 12. The van der Waals surface area contributed by atoms with Crippen LogP contribution in [-0.4, -0.2) is 43.1 Å². The molecule has 0 spiro atoms. The summed E-state index contributed by atoms with van der Waals surface area (Å²) in [5.74, 6) is 2.99. The molecule has 0 radical (unpaired) electrons. The van der Waals surface area contributed by atoms with Gasteiger partial charge < -0.3 is 26.8 Å². The number of carbonyl (C=O) groups excluding carboxylic acids is 1. The standard InChI is InChI=1S/C25H48N2O.BrH/c1-5-9-10-11-12-13-14-15-16-17-18-19-20-21-25(28)26-22-24-27(7-3,8-4)23-6-2;/h2H,5,7-24H2,1,3-4H3;1H. The molecule has 0 unspecified atom stereocenters. The Morgan fingerprint density at radius 3 is 1.66 bits per heavy atom. The number of halogens is 1. The topological polar surface area (TPSA) is 29.1 Å². The van der Waals surface area contributed by atoms with E-state index in [0.29, 0.717) is 6.42 Å². The smallest absolute Gasteiger partial charge is 0.220 e. The average Bonchev–Trinajstić information content (AvgIpc) is 2.70. The molecule has 0 aliphatic carbocycles. The zero-order chi connectivity index (χ0) is 20.9. The Hall–Kier alpha value is -0.530. The van der Waals surface area contributed by atoms with Crippen LogP contribution in [0.3, 0.4) is 0 Å². The molecule has 0 fully saturated rings. The summed E-state index contributed by atoms with van der Waals surface area (Å²) in [6.07, 6.45) is 23.6. The van der Waals surface area contributed by atoms with E-state index in [4.69, 9.17) is 6.42 Å². The van der Waals surface area contributed by atoms with E-state index in [1.165, 1.54) is 77.0 Å². The van der Waals surface area contributed by atoms with E-state index in [9.17, 15) is 4.79 Å². The van der Waals surface area contributed by atoms with Crippen molar-refractivity contribution in [3.05, 3.63) is 0 Å². The summed E-state index contributed by atoms with van der Waals surface area (Å²) in [6.45, 7) is 11.1. The Morgan fingerprint density at radius 1 is 0.793 bits per heavy atom. The zero-order valence-corrected chi connectivity index (χ0v) is 21.3. The lowest BCUT2D eigenvalue weighted by Crippen LogP contribution is -3.00. The fourth-order valence-corrected chi connectivity index (χ4v) is 3.86. The number of terminal acetylenes is 1. The fraction of sp³-hybridized carbons (Fsp3) is 0.880. The lowest BCUT2D eigenvalue weighted by atomic mass is 10.0. The van der Waals surface area contributed by atoms with E-state index in [0.717, 1.165) is 43.6 Å². The number of likely N-dealkylation sites (N-methyl/N-ethyl adjacent to an activating group) is 1. The second-order valence-corrected chi connectivity index (χ2v) is 8.40. The van der Waals surface area contributed by atoms with Crippen molar-refractivity contribution < 1.29 is 26.3 Å². The molecule has 0 aliphatic rings. The van der Waals surface area contributed by atoms with Crippen molar-refractivity contribution in [2.75, 3.05) is 32.7 Å². The van der Waals surface area contributed by atoms with Gasteiger partial charge in [-0.1, -0.05) is 84.0 Å². The summed E-state index contributed by atoms with van der Waals surface area (Å²) in [5, 5.41) is 3.09. The van der Waals surface area contributed by atoms with E-state index < -0.39 is 0 Å². The summed E-state index contributed by atoms with van der Waals surface area (Å²) in [7, 11) is 0. The third-order valence-corrected chi connectivity index (χ3v) is 6.18. The summed E-state index contributed by atoms with van der Waals surface area (Å²) >= 11 is 0. The van der Waals surface area contributed by atoms with Crippen molar-refractivity contribution in [3.8, 4) is 12.3 Å². The third-order valence-electron chi connectivity index (χ3n) is 6.18. The lowest BCUT2D eigenvalue weighted by Gasteiger charge is -2.35. The second kappa shape index (κ2) is 22.2. The minimum Gasteiger partial charge on any atom is -1.00 e. The maximum atomic E-state index is 12.0. The molecule has 0 bridgehead atoms. The van der Waals surface area contributed by atoms with Crippen molar-refractivity contribution in [1.82, 2.24) is 5.32 Å². The van der Waals surface area contributed by atoms with Crippen LogP contribution in [0.2, 0.25) is 0 Å². The SMILES string of the molecule is C#CC[N+](CC)(CC)CCNC(=O)CCCCCCCCCCCCCCC.[Br-]. The van der Waals surface area contributed by atoms with Gasteiger partial charge in [0.15, 0.2) is 0 Å². The molecule has 3 nitrogen and oxygen atoms in total. The van der Waals surface area contributed by atoms with Gasteiger partial charge in [0.2, 0.25) is 5.91 Å². The van der Waals surface area contributed by atoms with Crippen molar-refractivity contribution in [2.45, 2.75) is 111 Å². The van der Waals surface area contributed by atoms with Gasteiger partial charge >= 0.3 is 0 Å². The molecule has 0 aliphatic heterocycles. The summed E-state index contributed by atoms with van der Waals surface area (Å²) in [5.41, 5.74) is 0. The van der Waals surface area contributed by atoms with E-state index >= 15 is 0 Å². The highest BCUT2D eigenvalue weighted by Crippen LogP contribution is 2.13. The van der Waals surface area contributed by atoms with Gasteiger partial charge in [-0.25, -0.2) is 0 Å². The number of quaternary nitrogens is 1. The lowest BCUT2D eigenvalue weighted by molar-refractivity contribution is -0.917. The molecule has 0 saturated heterocycles. The van der Waals surface area contributed by atoms with Gasteiger partial charge in [-0.15, -0.1) is 6.42 Å². The van der Waals surface area contributed by atoms with Gasteiger partial charge in [-0.05, 0) is 26.2 Å². The van der Waals surface area contributed by atoms with Crippen LogP contribution in [0.1, 0.15) is 111 Å². The number of hydrogen-bond acceptors (Lipinski definition) is 1. The molecule has 0 heterocycles. The predicted molar refractivity (Wildman–Crippen MR) is 123 cm³/mol. The molecule has 4 heteroatoms. The maximum Gasteiger partial charge on any atom is 0.220 e. The molecule has 1 N–H and O–H groups in total. The molecule has 172 valence electrons. The van der Waals surface area contributed by atoms with Crippen LogP contribution in [0.4, 0.5) is 0 Å². The number of hydrogen-bond donors (Lipinski definition) is 1. The summed E-state index contributed by atoms with van der Waals surface area (Å²) in [4.78, 5) is 12.0. The molecule has 0 saturated carbocycles. The summed E-state index contributed by atoms with van der Waals surface area (Å²) < 4.78 is 0.898. The molecule has 1 amide bonds. The number of rotatable bonds is 20. The van der Waals surface area contributed by atoms with Crippen molar-refractivity contribution in [3.63, 3.8) is 0 Å². The molecule has 0 aromatic heterocycles. The highest BCUT2D eigenvalue weighted by atomic mass is 79.9. The first-order chi connectivity index (χ1) is 13.6. The van der Waals surface area contributed by atoms with Crippen LogP contribution in [0, 0.1) is 12.3 Å². The number of nitrogens with one attached hydrogen (secondary N) is 1. The van der Waals surface area contributed by atoms with E-state index in [1.54, 1.807) is 0 Å². The normalized spacial score (nSPS) is 11.0. The Bertz CT molecular complexity index is 402. The monoisotopic (exact) mass is 472 g/mol. The second-order valence-electron chi connectivity index (χ2n) is 8.40. The van der Waals surface area contributed by atoms with E-state index in [-0.39, 0.29) is 22.9 Å². The first-order valence-electron chi connectivity index (χ1n) is 12.2. The van der Waals surface area contributed by atoms with Crippen LogP contribution in [-0.2, 0) is 4.79 Å². The first-order valence-corrected chi connectivity index (χ1v) is 12.2. The van der Waals surface area contributed by atoms with Crippen LogP contribution in [0.15, 0.2) is 0 Å². The highest BCUT2D eigenvalue weighted by molar-refractivity contribution is 5.75. The maximum absolute atomic E-state index is 12.0. The minimum atomic E-state index is 0. The Kier molecular flexibility index (Phi) is 23.4. The largest absolute Gasteiger partial charge is 1.00 e. The Labute approximate surface area is 193 Å². The van der Waals surface area contributed by atoms with Crippen molar-refractivity contribution in [2.24, 2.45) is 0 Å². The van der Waals surface area contributed by atoms with Gasteiger partial charge in [0.05, 0.1) is 26.2 Å². The van der Waals surface area contributed by atoms with Gasteiger partial charge in [-0.3, -0.25) is 4.79 Å². The molecule has 29 heavy (non-hydrogen) atoms. The molecular weight excluding hydrogens is 424 g/mol. The van der Waals surface area contributed by atoms with E-state index in [1.807, 2.05) is 0 Å². The van der Waals surface area contributed by atoms with Crippen LogP contribution in [0.25, 0.3) is 0 Å². The molecule has 0 aromatic carbocycles. The first kappa shape index (κ1) is 30.7. The fourth-order valence-electron chi connectivity index (χ4n) is 3.86.